The second-order valence-corrected chi connectivity index (χ2v) is 21.0. The van der Waals surface area contributed by atoms with Crippen molar-refractivity contribution in [2.75, 3.05) is 0 Å². The third-order valence-electron chi connectivity index (χ3n) is 5.53. The van der Waals surface area contributed by atoms with Gasteiger partial charge in [-0.1, -0.05) is 0 Å². The molecule has 1 aliphatic rings. The summed E-state index contributed by atoms with van der Waals surface area (Å²) in [7, 11) is 0. The van der Waals surface area contributed by atoms with Gasteiger partial charge in [0.2, 0.25) is 0 Å². The van der Waals surface area contributed by atoms with E-state index < -0.39 is 0 Å². The third-order valence-corrected chi connectivity index (χ3v) is 14.5. The van der Waals surface area contributed by atoms with E-state index in [4.69, 9.17) is 0 Å². The van der Waals surface area contributed by atoms with Gasteiger partial charge >= 0.3 is 173 Å². The predicted octanol–water partition coefficient (Wildman–Crippen LogP) is 1.45. The molecule has 3 rings (SSSR count). The molecule has 0 amide bonds. The fourth-order valence-corrected chi connectivity index (χ4v) is 12.8. The summed E-state index contributed by atoms with van der Waals surface area (Å²) in [6, 6.07) is 16.4. The molecule has 2 atom stereocenters. The zero-order valence-electron chi connectivity index (χ0n) is 17.7. The van der Waals surface area contributed by atoms with Crippen LogP contribution in [0.15, 0.2) is 48.0 Å². The molecule has 0 aromatic heterocycles. The van der Waals surface area contributed by atoms with Crippen molar-refractivity contribution in [1.29, 1.82) is 0 Å². The van der Waals surface area contributed by atoms with Crippen LogP contribution in [0.1, 0.15) is 66.3 Å². The Balaban J connectivity index is 0.00000196. The molecule has 1 radical (unpaired) electrons. The van der Waals surface area contributed by atoms with Gasteiger partial charge in [0.15, 0.2) is 0 Å². The normalized spacial score (nSPS) is 15.8. The first-order valence-corrected chi connectivity index (χ1v) is 17.7. The van der Waals surface area contributed by atoms with Crippen LogP contribution in [-0.4, -0.2) is 5.92 Å². The van der Waals surface area contributed by atoms with E-state index in [1.807, 2.05) is 0 Å². The Bertz CT molecular complexity index is 784. The minimum absolute atomic E-state index is 0. The third kappa shape index (κ3) is 5.72. The first-order chi connectivity index (χ1) is 12.5. The summed E-state index contributed by atoms with van der Waals surface area (Å²) in [6.45, 7) is 12.0. The standard InChI is InChI=1S/C22H25.C2H6Si.2ClH.Zr/c1-4-7-17-14-20-8-6-9-21(22(20)15-17)19-12-10-18(11-13-19)16(3)5-2;1-3-2;;;/h6,8-16H,4-5,7H2,1-3H3;1-2H3;2*1H;/q;;;;+2/p-2. The number of rotatable bonds is 7. The molecule has 0 bridgehead atoms. The largest absolute Gasteiger partial charge is 1.00 e. The van der Waals surface area contributed by atoms with E-state index in [0.29, 0.717) is 5.92 Å². The quantitative estimate of drug-likeness (QED) is 0.496. The van der Waals surface area contributed by atoms with Crippen LogP contribution in [0.2, 0.25) is 13.1 Å². The molecule has 0 N–H and O–H groups in total. The zero-order chi connectivity index (χ0) is 18.7. The second-order valence-electron chi connectivity index (χ2n) is 7.79. The molecular formula is C24H31Cl2SiZr. The van der Waals surface area contributed by atoms with Gasteiger partial charge in [-0.05, 0) is 0 Å². The number of fused-ring (bicyclic) bond motifs is 1. The second kappa shape index (κ2) is 11.9. The van der Waals surface area contributed by atoms with Gasteiger partial charge in [-0.15, -0.1) is 0 Å². The Morgan fingerprint density at radius 2 is 1.68 bits per heavy atom. The zero-order valence-corrected chi connectivity index (χ0v) is 22.6. The molecule has 4 heteroatoms. The van der Waals surface area contributed by atoms with Gasteiger partial charge in [-0.25, -0.2) is 0 Å². The van der Waals surface area contributed by atoms with Crippen molar-refractivity contribution in [3.63, 3.8) is 0 Å². The van der Waals surface area contributed by atoms with Crippen LogP contribution in [0, 0.1) is 0 Å². The monoisotopic (exact) mass is 507 g/mol. The Morgan fingerprint density at radius 3 is 2.25 bits per heavy atom. The van der Waals surface area contributed by atoms with E-state index in [1.54, 1.807) is 11.1 Å². The summed E-state index contributed by atoms with van der Waals surface area (Å²) in [5.74, 6) is 0.571. The maximum absolute atomic E-state index is 2.56. The number of hydrogen-bond donors (Lipinski definition) is 0. The van der Waals surface area contributed by atoms with E-state index in [2.05, 4.69) is 82.4 Å². The van der Waals surface area contributed by atoms with Crippen LogP contribution in [0.4, 0.5) is 0 Å². The van der Waals surface area contributed by atoms with Gasteiger partial charge in [0, 0.05) is 0 Å². The Hall–Kier alpha value is -0.140. The van der Waals surface area contributed by atoms with E-state index in [9.17, 15) is 0 Å². The molecule has 149 valence electrons. The number of allylic oxidation sites excluding steroid dienone is 1. The fourth-order valence-electron chi connectivity index (χ4n) is 3.91. The topological polar surface area (TPSA) is 0 Å². The molecule has 0 fully saturated rings. The SMILES string of the molecule is CCCC1=Cc2c(-c3ccc(C(C)CC)cc3)cccc2[CH]1[Zr+2][Si](C)C.[Cl-].[Cl-]. The summed E-state index contributed by atoms with van der Waals surface area (Å²) in [5.41, 5.74) is 9.20. The average Bonchev–Trinajstić information content (AvgIpc) is 2.98. The van der Waals surface area contributed by atoms with Gasteiger partial charge < -0.3 is 24.8 Å². The molecule has 2 aromatic carbocycles. The van der Waals surface area contributed by atoms with Crippen molar-refractivity contribution in [3.05, 3.63) is 64.7 Å². The summed E-state index contributed by atoms with van der Waals surface area (Å²) in [4.78, 5) is 0. The minimum atomic E-state index is -0.350. The summed E-state index contributed by atoms with van der Waals surface area (Å²) >= 11 is -0.350. The molecule has 2 unspecified atom stereocenters. The van der Waals surface area contributed by atoms with Gasteiger partial charge in [0.1, 0.15) is 0 Å². The van der Waals surface area contributed by atoms with Crippen molar-refractivity contribution in [2.24, 2.45) is 0 Å². The smallest absolute Gasteiger partial charge is 1.00 e. The van der Waals surface area contributed by atoms with E-state index in [-0.39, 0.29) is 53.1 Å². The summed E-state index contributed by atoms with van der Waals surface area (Å²) in [5, 5.41) is 0. The van der Waals surface area contributed by atoms with Gasteiger partial charge in [-0.2, -0.15) is 0 Å². The maximum Gasteiger partial charge on any atom is -1.00 e. The molecule has 0 heterocycles. The van der Waals surface area contributed by atoms with E-state index in [0.717, 1.165) is 3.63 Å². The van der Waals surface area contributed by atoms with Crippen LogP contribution in [0.25, 0.3) is 17.2 Å². The van der Waals surface area contributed by atoms with Crippen molar-refractivity contribution >= 4 is 12.0 Å². The minimum Gasteiger partial charge on any atom is -1.00 e. The van der Waals surface area contributed by atoms with E-state index >= 15 is 0 Å². The Labute approximate surface area is 196 Å². The van der Waals surface area contributed by atoms with Crippen LogP contribution >= 0.6 is 0 Å². The molecule has 2 aromatic rings. The van der Waals surface area contributed by atoms with E-state index in [1.165, 1.54) is 41.5 Å². The van der Waals surface area contributed by atoms with Crippen LogP contribution in [-0.2, 0) is 22.4 Å². The van der Waals surface area contributed by atoms with Crippen molar-refractivity contribution in [1.82, 2.24) is 0 Å². The number of halogens is 2. The maximum atomic E-state index is 2.56. The molecular weight excluding hydrogens is 478 g/mol. The molecule has 1 aliphatic carbocycles. The Morgan fingerprint density at radius 1 is 1.00 bits per heavy atom. The Kier molecular flexibility index (Phi) is 11.0. The number of hydrogen-bond acceptors (Lipinski definition) is 0. The first-order valence-electron chi connectivity index (χ1n) is 10.1. The van der Waals surface area contributed by atoms with Gasteiger partial charge in [-0.3, -0.25) is 0 Å². The van der Waals surface area contributed by atoms with Crippen molar-refractivity contribution in [3.8, 4) is 11.1 Å². The molecule has 0 saturated heterocycles. The predicted molar refractivity (Wildman–Crippen MR) is 114 cm³/mol. The molecule has 0 nitrogen and oxygen atoms in total. The average molecular weight is 510 g/mol. The molecule has 0 spiro atoms. The van der Waals surface area contributed by atoms with Crippen LogP contribution in [0.3, 0.4) is 0 Å². The summed E-state index contributed by atoms with van der Waals surface area (Å²) < 4.78 is 0.830. The molecule has 0 aliphatic heterocycles. The molecule has 0 saturated carbocycles. The van der Waals surface area contributed by atoms with Crippen LogP contribution < -0.4 is 24.8 Å². The molecule has 28 heavy (non-hydrogen) atoms. The first kappa shape index (κ1) is 25.9. The van der Waals surface area contributed by atoms with Crippen molar-refractivity contribution < 1.29 is 47.2 Å². The van der Waals surface area contributed by atoms with Crippen LogP contribution in [0.5, 0.6) is 0 Å². The number of benzene rings is 2. The van der Waals surface area contributed by atoms with Crippen molar-refractivity contribution in [2.45, 2.75) is 62.7 Å². The summed E-state index contributed by atoms with van der Waals surface area (Å²) in [6.07, 6.45) is 6.31. The van der Waals surface area contributed by atoms with Gasteiger partial charge in [0.25, 0.3) is 0 Å². The fraction of sp³-hybridized carbons (Fsp3) is 0.417. The van der Waals surface area contributed by atoms with Gasteiger partial charge in [0.05, 0.1) is 0 Å².